The highest BCUT2D eigenvalue weighted by Crippen LogP contribution is 2.23. The summed E-state index contributed by atoms with van der Waals surface area (Å²) in [6.45, 7) is 2.01. The van der Waals surface area contributed by atoms with Gasteiger partial charge in [-0.15, -0.1) is 0 Å². The van der Waals surface area contributed by atoms with Gasteiger partial charge in [0.05, 0.1) is 10.6 Å². The van der Waals surface area contributed by atoms with E-state index in [0.717, 1.165) is 10.2 Å². The molecule has 0 spiro atoms. The summed E-state index contributed by atoms with van der Waals surface area (Å²) in [5.41, 5.74) is 0. The standard InChI is InChI=1S/C9H11BrO2/c1-7(11)6-12-9-5-3-2-4-8(9)10/h2-5,7,11H,6H2,1H3/t7-/m1/s1. The first-order chi connectivity index (χ1) is 5.70. The molecule has 1 rings (SSSR count). The van der Waals surface area contributed by atoms with Crippen LogP contribution in [0.25, 0.3) is 0 Å². The first kappa shape index (κ1) is 9.55. The number of para-hydroxylation sites is 1. The first-order valence-corrected chi connectivity index (χ1v) is 4.55. The third-order valence-electron chi connectivity index (χ3n) is 1.32. The molecule has 1 aromatic carbocycles. The van der Waals surface area contributed by atoms with Gasteiger partial charge in [0.1, 0.15) is 12.4 Å². The molecule has 0 saturated heterocycles. The molecule has 0 aliphatic heterocycles. The Morgan fingerprint density at radius 3 is 2.75 bits per heavy atom. The zero-order valence-electron chi connectivity index (χ0n) is 6.83. The van der Waals surface area contributed by atoms with Crippen molar-refractivity contribution in [3.63, 3.8) is 0 Å². The minimum atomic E-state index is -0.433. The third-order valence-corrected chi connectivity index (χ3v) is 1.97. The lowest BCUT2D eigenvalue weighted by Crippen LogP contribution is -2.12. The normalized spacial score (nSPS) is 12.6. The van der Waals surface area contributed by atoms with Crippen LogP contribution < -0.4 is 4.74 Å². The molecule has 2 nitrogen and oxygen atoms in total. The molecule has 0 bridgehead atoms. The maximum Gasteiger partial charge on any atom is 0.133 e. The number of hydrogen-bond acceptors (Lipinski definition) is 2. The number of benzene rings is 1. The molecule has 66 valence electrons. The summed E-state index contributed by atoms with van der Waals surface area (Å²) < 4.78 is 6.21. The summed E-state index contributed by atoms with van der Waals surface area (Å²) in [6.07, 6.45) is -0.433. The van der Waals surface area contributed by atoms with E-state index in [9.17, 15) is 0 Å². The zero-order chi connectivity index (χ0) is 8.97. The summed E-state index contributed by atoms with van der Waals surface area (Å²) in [5, 5.41) is 8.96. The smallest absolute Gasteiger partial charge is 0.133 e. The predicted molar refractivity (Wildman–Crippen MR) is 51.3 cm³/mol. The van der Waals surface area contributed by atoms with Gasteiger partial charge in [-0.1, -0.05) is 12.1 Å². The molecule has 1 N–H and O–H groups in total. The maximum absolute atomic E-state index is 8.96. The molecule has 0 heterocycles. The summed E-state index contributed by atoms with van der Waals surface area (Å²) in [4.78, 5) is 0. The summed E-state index contributed by atoms with van der Waals surface area (Å²) in [7, 11) is 0. The second kappa shape index (κ2) is 4.48. The molecule has 3 heteroatoms. The minimum absolute atomic E-state index is 0.322. The number of aliphatic hydroxyl groups excluding tert-OH is 1. The molecule has 0 saturated carbocycles. The molecule has 0 aliphatic rings. The number of hydrogen-bond donors (Lipinski definition) is 1. The van der Waals surface area contributed by atoms with Gasteiger partial charge in [0, 0.05) is 0 Å². The minimum Gasteiger partial charge on any atom is -0.490 e. The van der Waals surface area contributed by atoms with Gasteiger partial charge in [-0.3, -0.25) is 0 Å². The van der Waals surface area contributed by atoms with Crippen LogP contribution in [0.3, 0.4) is 0 Å². The lowest BCUT2D eigenvalue weighted by atomic mass is 10.3. The van der Waals surface area contributed by atoms with Crippen LogP contribution in [0.15, 0.2) is 28.7 Å². The highest BCUT2D eigenvalue weighted by Gasteiger charge is 2.00. The predicted octanol–water partition coefficient (Wildman–Crippen LogP) is 2.21. The van der Waals surface area contributed by atoms with E-state index in [2.05, 4.69) is 15.9 Å². The Morgan fingerprint density at radius 1 is 1.50 bits per heavy atom. The van der Waals surface area contributed by atoms with Crippen molar-refractivity contribution >= 4 is 15.9 Å². The molecular weight excluding hydrogens is 220 g/mol. The van der Waals surface area contributed by atoms with Gasteiger partial charge in [-0.2, -0.15) is 0 Å². The summed E-state index contributed by atoms with van der Waals surface area (Å²) >= 11 is 3.34. The van der Waals surface area contributed by atoms with E-state index in [-0.39, 0.29) is 0 Å². The fourth-order valence-corrected chi connectivity index (χ4v) is 1.17. The van der Waals surface area contributed by atoms with Crippen LogP contribution in [0.1, 0.15) is 6.92 Å². The highest BCUT2D eigenvalue weighted by atomic mass is 79.9. The van der Waals surface area contributed by atoms with Crippen molar-refractivity contribution in [2.75, 3.05) is 6.61 Å². The van der Waals surface area contributed by atoms with Gasteiger partial charge in [0.25, 0.3) is 0 Å². The molecule has 0 amide bonds. The summed E-state index contributed by atoms with van der Waals surface area (Å²) in [5.74, 6) is 0.762. The van der Waals surface area contributed by atoms with Crippen LogP contribution in [0, 0.1) is 0 Å². The van der Waals surface area contributed by atoms with Gasteiger partial charge in [0.15, 0.2) is 0 Å². The van der Waals surface area contributed by atoms with Crippen LogP contribution >= 0.6 is 15.9 Å². The van der Waals surface area contributed by atoms with Crippen molar-refractivity contribution in [1.29, 1.82) is 0 Å². The van der Waals surface area contributed by atoms with Gasteiger partial charge < -0.3 is 9.84 Å². The van der Waals surface area contributed by atoms with Crippen LogP contribution in [0.5, 0.6) is 5.75 Å². The second-order valence-electron chi connectivity index (χ2n) is 2.59. The monoisotopic (exact) mass is 230 g/mol. The Kier molecular flexibility index (Phi) is 3.56. The van der Waals surface area contributed by atoms with E-state index >= 15 is 0 Å². The summed E-state index contributed by atoms with van der Waals surface area (Å²) in [6, 6.07) is 7.56. The third kappa shape index (κ3) is 2.83. The fraction of sp³-hybridized carbons (Fsp3) is 0.333. The van der Waals surface area contributed by atoms with Crippen LogP contribution in [0.2, 0.25) is 0 Å². The first-order valence-electron chi connectivity index (χ1n) is 3.75. The zero-order valence-corrected chi connectivity index (χ0v) is 8.41. The maximum atomic E-state index is 8.96. The van der Waals surface area contributed by atoms with E-state index in [1.54, 1.807) is 6.92 Å². The van der Waals surface area contributed by atoms with E-state index in [4.69, 9.17) is 9.84 Å². The molecular formula is C9H11BrO2. The number of rotatable bonds is 3. The Hall–Kier alpha value is -0.540. The van der Waals surface area contributed by atoms with Crippen LogP contribution in [-0.2, 0) is 0 Å². The van der Waals surface area contributed by atoms with E-state index < -0.39 is 6.10 Å². The van der Waals surface area contributed by atoms with Crippen LogP contribution in [0.4, 0.5) is 0 Å². The van der Waals surface area contributed by atoms with E-state index in [0.29, 0.717) is 6.61 Å². The quantitative estimate of drug-likeness (QED) is 0.864. The lowest BCUT2D eigenvalue weighted by Gasteiger charge is -2.08. The molecule has 1 aromatic rings. The van der Waals surface area contributed by atoms with Gasteiger partial charge in [-0.25, -0.2) is 0 Å². The number of halogens is 1. The number of aliphatic hydroxyl groups is 1. The average molecular weight is 231 g/mol. The molecule has 0 radical (unpaired) electrons. The topological polar surface area (TPSA) is 29.5 Å². The van der Waals surface area contributed by atoms with Gasteiger partial charge >= 0.3 is 0 Å². The Balaban J connectivity index is 2.57. The highest BCUT2D eigenvalue weighted by molar-refractivity contribution is 9.10. The largest absolute Gasteiger partial charge is 0.490 e. The molecule has 1 atom stereocenters. The molecule has 0 unspecified atom stereocenters. The van der Waals surface area contributed by atoms with Crippen LogP contribution in [-0.4, -0.2) is 17.8 Å². The van der Waals surface area contributed by atoms with Gasteiger partial charge in [0.2, 0.25) is 0 Å². The van der Waals surface area contributed by atoms with Crippen molar-refractivity contribution < 1.29 is 9.84 Å². The Morgan fingerprint density at radius 2 is 2.17 bits per heavy atom. The Labute approximate surface area is 80.3 Å². The number of ether oxygens (including phenoxy) is 1. The van der Waals surface area contributed by atoms with Crippen molar-refractivity contribution in [3.8, 4) is 5.75 Å². The van der Waals surface area contributed by atoms with Gasteiger partial charge in [-0.05, 0) is 35.0 Å². The van der Waals surface area contributed by atoms with E-state index in [1.807, 2.05) is 24.3 Å². The molecule has 0 fully saturated rings. The fourth-order valence-electron chi connectivity index (χ4n) is 0.772. The van der Waals surface area contributed by atoms with Crippen molar-refractivity contribution in [2.45, 2.75) is 13.0 Å². The van der Waals surface area contributed by atoms with E-state index in [1.165, 1.54) is 0 Å². The molecule has 12 heavy (non-hydrogen) atoms. The SMILES string of the molecule is C[C@@H](O)COc1ccccc1Br. The van der Waals surface area contributed by atoms with Crippen molar-refractivity contribution in [1.82, 2.24) is 0 Å². The van der Waals surface area contributed by atoms with Crippen molar-refractivity contribution in [2.24, 2.45) is 0 Å². The average Bonchev–Trinajstić information content (AvgIpc) is 2.03. The molecule has 0 aliphatic carbocycles. The second-order valence-corrected chi connectivity index (χ2v) is 3.44. The molecule has 0 aromatic heterocycles. The van der Waals surface area contributed by atoms with Crippen molar-refractivity contribution in [3.05, 3.63) is 28.7 Å². The Bertz CT molecular complexity index is 248. The lowest BCUT2D eigenvalue weighted by molar-refractivity contribution is 0.122.